The van der Waals surface area contributed by atoms with Crippen LogP contribution >= 0.6 is 55.8 Å². The molecule has 0 fully saturated rings. The summed E-state index contributed by atoms with van der Waals surface area (Å²) in [5.41, 5.74) is 14.8. The molecule has 137 heavy (non-hydrogen) atoms. The van der Waals surface area contributed by atoms with Crippen LogP contribution in [0.5, 0.6) is 0 Å². The van der Waals surface area contributed by atoms with Gasteiger partial charge >= 0.3 is 29.8 Å². The van der Waals surface area contributed by atoms with Gasteiger partial charge in [0.05, 0.1) is 81.2 Å². The van der Waals surface area contributed by atoms with Crippen molar-refractivity contribution in [2.45, 2.75) is 187 Å². The van der Waals surface area contributed by atoms with E-state index in [0.29, 0.717) is 43.8 Å². The number of ketones is 2. The molecular formula is C102H159Br2IN8O20S4. The lowest BCUT2D eigenvalue weighted by atomic mass is 10.0. The van der Waals surface area contributed by atoms with E-state index in [2.05, 4.69) is 31.9 Å². The summed E-state index contributed by atoms with van der Waals surface area (Å²) in [5, 5.41) is 20.9. The minimum atomic E-state index is -4.24. The highest BCUT2D eigenvalue weighted by molar-refractivity contribution is 14.0. The van der Waals surface area contributed by atoms with Crippen molar-refractivity contribution in [3.05, 3.63) is 298 Å². The van der Waals surface area contributed by atoms with E-state index in [4.69, 9.17) is 34.7 Å². The number of nitrogens with zero attached hydrogens (tertiary/aromatic N) is 7. The third-order valence-corrected chi connectivity index (χ3v) is 29.4. The largest absolute Gasteiger partial charge is 0.464 e. The molecule has 0 bridgehead atoms. The van der Waals surface area contributed by atoms with E-state index in [-0.39, 0.29) is 143 Å². The third kappa shape index (κ3) is 26.9. The maximum atomic E-state index is 13.9. The highest BCUT2D eigenvalue weighted by Crippen LogP contribution is 2.37. The molecule has 35 heteroatoms. The van der Waals surface area contributed by atoms with Crippen molar-refractivity contribution in [2.24, 2.45) is 0 Å². The summed E-state index contributed by atoms with van der Waals surface area (Å²) in [7, 11) is -10.7. The summed E-state index contributed by atoms with van der Waals surface area (Å²) < 4.78 is 140. The van der Waals surface area contributed by atoms with Crippen LogP contribution in [0.25, 0.3) is 43.6 Å². The summed E-state index contributed by atoms with van der Waals surface area (Å²) >= 11 is 6.79. The van der Waals surface area contributed by atoms with Crippen LogP contribution in [0.2, 0.25) is 0 Å². The Morgan fingerprint density at radius 2 is 0.672 bits per heavy atom. The van der Waals surface area contributed by atoms with Crippen LogP contribution < -0.4 is 5.73 Å². The standard InChI is InChI=1S/C28H31N3O5S.C25H26N2O5S.C24H27NO6S.C18H16BrNO4S.C7H8BrN.HI.25H2/c1-18-8-10-23(11-9-18)37(34,35)31-24-13-20(15-26(32)36-28(3,4)5)19(2)12-21(24)14-25(31)27(33)22(16-29)17-30(6)7;1-16-6-8-20(9-7-16)33(30,31)27-21-13-18(15-24(29)32-25(3,4)5)17(2)12-19(21)14-22(27)23(28)10-11-26;1-15-7-9-19(10-8-15)32(28,29)25-20-12-17(14-22(26)31-24(3,4)5)16(2)11-18(20)13-21(25)23(27)30-6;1-11-4-6-14(7-5-11)25(22,23)20-16-10-15(19)12(2)8-13(16)9-17(20)18(21)24-3;1-5-2-3-6(9)4-7(5)8;;;;;;;;;;;;;;;;;;;;;;;;;;/h8-14,17H,15H2,1-7H3;6-9,12-14H,10,15H2,1-5H3;7-13H,14H2,1-6H3;4-10H,1-3H3;2-4H,9H2,1H3;26*1H. The molecule has 9 aromatic carbocycles. The van der Waals surface area contributed by atoms with Gasteiger partial charge in [-0.2, -0.15) is 10.5 Å². The van der Waals surface area contributed by atoms with Crippen molar-refractivity contribution < 1.29 is 127 Å². The Kier molecular flexibility index (Phi) is 35.6. The molecule has 772 valence electrons. The summed E-state index contributed by atoms with van der Waals surface area (Å²) in [4.78, 5) is 89.9. The summed E-state index contributed by atoms with van der Waals surface area (Å²) in [6.45, 7) is 32.7. The number of aryl methyl sites for hydroxylation is 9. The lowest BCUT2D eigenvalue weighted by Crippen LogP contribution is -2.25. The fourth-order valence-electron chi connectivity index (χ4n) is 14.1. The van der Waals surface area contributed by atoms with E-state index < -0.39 is 105 Å². The molecule has 0 radical (unpaired) electrons. The number of hydrogen-bond acceptors (Lipinski definition) is 24. The first-order chi connectivity index (χ1) is 63.2. The molecule has 4 heterocycles. The number of methoxy groups -OCH3 is 2. The second-order valence-corrected chi connectivity index (χ2v) is 44.5. The monoisotopic (exact) mass is 2230 g/mol. The second kappa shape index (κ2) is 44.4. The predicted molar refractivity (Wildman–Crippen MR) is 599 cm³/mol. The van der Waals surface area contributed by atoms with Crippen molar-refractivity contribution in [1.82, 2.24) is 20.8 Å². The molecule has 28 nitrogen and oxygen atoms in total. The van der Waals surface area contributed by atoms with Crippen molar-refractivity contribution in [3.63, 3.8) is 0 Å². The number of carbonyl (C=O) groups excluding carboxylic acids is 7. The Morgan fingerprint density at radius 3 is 0.949 bits per heavy atom. The van der Waals surface area contributed by atoms with E-state index in [9.17, 15) is 72.5 Å². The van der Waals surface area contributed by atoms with Gasteiger partial charge in [-0.15, -0.1) is 24.0 Å². The van der Waals surface area contributed by atoms with Gasteiger partial charge in [-0.05, 0) is 303 Å². The van der Waals surface area contributed by atoms with Crippen LogP contribution in [-0.4, -0.2) is 141 Å². The molecular weight excluding hydrogens is 2070 g/mol. The van der Waals surface area contributed by atoms with Gasteiger partial charge in [0, 0.05) is 92.1 Å². The molecule has 0 amide bonds. The summed E-state index contributed by atoms with van der Waals surface area (Å²) in [6, 6.07) is 54.4. The van der Waals surface area contributed by atoms with Crippen molar-refractivity contribution >= 4 is 187 Å². The fourth-order valence-corrected chi connectivity index (χ4v) is 20.8. The number of nitriles is 2. The molecule has 0 aliphatic rings. The molecule has 0 spiro atoms. The first-order valence-corrected chi connectivity index (χ1v) is 49.7. The smallest absolute Gasteiger partial charge is 0.355 e. The zero-order chi connectivity index (χ0) is 101. The van der Waals surface area contributed by atoms with Crippen molar-refractivity contribution in [3.8, 4) is 12.1 Å². The number of benzene rings is 9. The third-order valence-electron chi connectivity index (χ3n) is 20.7. The Labute approximate surface area is 870 Å². The van der Waals surface area contributed by atoms with Crippen molar-refractivity contribution in [2.75, 3.05) is 34.0 Å². The van der Waals surface area contributed by atoms with Gasteiger partial charge in [0.1, 0.15) is 57.6 Å². The van der Waals surface area contributed by atoms with Gasteiger partial charge in [-0.25, -0.2) is 59.1 Å². The van der Waals surface area contributed by atoms with Crippen LogP contribution in [0.15, 0.2) is 228 Å². The number of allylic oxidation sites excluding steroid dienone is 1. The lowest BCUT2D eigenvalue weighted by Gasteiger charge is -2.20. The van der Waals surface area contributed by atoms with Crippen molar-refractivity contribution in [1.29, 1.82) is 10.5 Å². The molecule has 13 rings (SSSR count). The number of Topliss-reactive ketones (excluding diaryl/α,β-unsaturated/α-hetero) is 2. The molecule has 13 aromatic rings. The highest BCUT2D eigenvalue weighted by Gasteiger charge is 2.35. The van der Waals surface area contributed by atoms with E-state index in [1.54, 1.807) is 185 Å². The normalized spacial score (nSPS) is 11.8. The van der Waals surface area contributed by atoms with E-state index in [0.717, 1.165) is 75.0 Å². The number of carbonyl (C=O) groups is 7. The zero-order valence-electron chi connectivity index (χ0n) is 80.0. The molecule has 4 aromatic heterocycles. The quantitative estimate of drug-likeness (QED) is 0.0133. The van der Waals surface area contributed by atoms with E-state index in [1.807, 2.05) is 85.7 Å². The summed E-state index contributed by atoms with van der Waals surface area (Å²) in [5.74, 6) is -4.13. The number of nitrogens with two attached hydrogens (primary N) is 1. The zero-order valence-corrected chi connectivity index (χ0v) is 88.7. The van der Waals surface area contributed by atoms with Crippen LogP contribution in [0.1, 0.15) is 213 Å². The van der Waals surface area contributed by atoms with Crippen LogP contribution in [0, 0.1) is 85.0 Å². The first kappa shape index (κ1) is 110. The number of aromatic nitrogens is 4. The van der Waals surface area contributed by atoms with Crippen LogP contribution in [0.3, 0.4) is 0 Å². The molecule has 0 atom stereocenters. The molecule has 0 aliphatic heterocycles. The second-order valence-electron chi connectivity index (χ2n) is 35.6. The number of rotatable bonds is 21. The van der Waals surface area contributed by atoms with Gasteiger partial charge < -0.3 is 34.3 Å². The Bertz CT molecular complexity index is 7590. The van der Waals surface area contributed by atoms with E-state index in [1.165, 1.54) is 98.8 Å². The number of nitrogen functional groups attached to an aromatic ring is 1. The number of esters is 5. The maximum absolute atomic E-state index is 13.9. The van der Waals surface area contributed by atoms with Gasteiger partial charge in [0.15, 0.2) is 5.78 Å². The van der Waals surface area contributed by atoms with Gasteiger partial charge in [0.2, 0.25) is 5.78 Å². The highest BCUT2D eigenvalue weighted by atomic mass is 127. The van der Waals surface area contributed by atoms with Crippen LogP contribution in [-0.2, 0) is 97.4 Å². The Balaban J connectivity index is -0.0000000991. The lowest BCUT2D eigenvalue weighted by molar-refractivity contribution is -0.155. The molecule has 0 saturated heterocycles. The predicted octanol–water partition coefficient (Wildman–Crippen LogP) is 26.3. The summed E-state index contributed by atoms with van der Waals surface area (Å²) in [6.07, 6.45) is 0.756. The topological polar surface area (TPSA) is 399 Å². The average Bonchev–Trinajstić information content (AvgIpc) is 1.60. The SMILES string of the molecule is COC(=O)c1cc2cc(C)c(Br)cc2n1S(=O)(=O)c1ccc(C)cc1.COC(=O)c1cc2cc(C)c(CC(=O)OC(C)(C)C)cc2n1S(=O)(=O)c1ccc(C)cc1.Cc1ccc(N)cc1Br.Cc1ccc(S(=O)(=O)n2c(C(=O)C(C#N)=CN(C)C)cc3cc(C)c(CC(=O)OC(C)(C)C)cc32)cc1.Cc1ccc(S(=O)(=O)n2c(C(=O)CC#N)cc3cc(C)c(CC(=O)OC(C)(C)C)cc32)cc1.I.[HH].[HH].[HH].[HH].[HH].[HH].[HH].[HH].[HH].[HH].[HH].[HH].[HH].[HH].[HH].[HH].[HH].[HH].[HH].[HH].[HH].[HH].[HH].[HH].[HH]. The number of fused-ring (bicyclic) bond motifs is 4. The van der Waals surface area contributed by atoms with Gasteiger partial charge in [0.25, 0.3) is 40.1 Å². The minimum Gasteiger partial charge on any atom is -0.464 e. The number of hydrogen-bond donors (Lipinski definition) is 1. The first-order valence-electron chi connectivity index (χ1n) is 42.4. The molecule has 2 N–H and O–H groups in total. The number of anilines is 1. The van der Waals surface area contributed by atoms with E-state index >= 15 is 0 Å². The average molecular weight is 2230 g/mol. The number of ether oxygens (including phenoxy) is 5. The Morgan fingerprint density at radius 1 is 0.394 bits per heavy atom. The fraction of sp³-hybridized carbons (Fsp3) is 0.284. The molecule has 0 aliphatic carbocycles. The van der Waals surface area contributed by atoms with Gasteiger partial charge in [-0.1, -0.05) is 109 Å². The number of halogens is 3. The Hall–Kier alpha value is -12.4. The van der Waals surface area contributed by atoms with Crippen LogP contribution in [0.4, 0.5) is 5.69 Å². The maximum Gasteiger partial charge on any atom is 0.355 e. The molecule has 0 saturated carbocycles. The molecule has 0 unspecified atom stereocenters. The minimum absolute atomic E-state index is 0. The van der Waals surface area contributed by atoms with Gasteiger partial charge in [-0.3, -0.25) is 24.0 Å².